The average Bonchev–Trinajstić information content (AvgIpc) is 2.92. The summed E-state index contributed by atoms with van der Waals surface area (Å²) in [4.78, 5) is 0. The molecular weight excluding hydrogens is 336 g/mol. The number of aliphatic hydroxyl groups is 1. The minimum Gasteiger partial charge on any atom is -0.508 e. The maximum Gasteiger partial charge on any atom is 0.200 e. The number of fused-ring (bicyclic) bond motifs is 5. The van der Waals surface area contributed by atoms with Gasteiger partial charge < -0.3 is 29.9 Å². The Morgan fingerprint density at radius 1 is 1.08 bits per heavy atom. The Morgan fingerprint density at radius 3 is 2.58 bits per heavy atom. The van der Waals surface area contributed by atoms with Gasteiger partial charge in [0.05, 0.1) is 18.1 Å². The van der Waals surface area contributed by atoms with Crippen molar-refractivity contribution in [1.82, 2.24) is 0 Å². The lowest BCUT2D eigenvalue weighted by Gasteiger charge is -2.28. The van der Waals surface area contributed by atoms with Gasteiger partial charge in [-0.25, -0.2) is 0 Å². The van der Waals surface area contributed by atoms with Gasteiger partial charge in [-0.2, -0.15) is 0 Å². The van der Waals surface area contributed by atoms with Gasteiger partial charge >= 0.3 is 0 Å². The van der Waals surface area contributed by atoms with Gasteiger partial charge in [0, 0.05) is 17.2 Å². The normalized spacial score (nSPS) is 20.6. The summed E-state index contributed by atoms with van der Waals surface area (Å²) in [5, 5.41) is 39.9. The zero-order valence-corrected chi connectivity index (χ0v) is 14.7. The molecule has 26 heavy (non-hydrogen) atoms. The van der Waals surface area contributed by atoms with E-state index in [1.54, 1.807) is 26.0 Å². The fourth-order valence-electron chi connectivity index (χ4n) is 3.63. The van der Waals surface area contributed by atoms with Crippen LogP contribution in [0.4, 0.5) is 0 Å². The molecule has 2 aliphatic heterocycles. The van der Waals surface area contributed by atoms with Gasteiger partial charge in [-0.05, 0) is 50.5 Å². The SMILES string of the molecule is CC(C)(O)CCc1cc2c(cc1O)O[C@@H]1c3ccc(O)c(O)c3OC[C@H]21. The van der Waals surface area contributed by atoms with Crippen LogP contribution in [0.15, 0.2) is 24.3 Å². The third-order valence-corrected chi connectivity index (χ3v) is 5.09. The van der Waals surface area contributed by atoms with Gasteiger partial charge in [-0.15, -0.1) is 0 Å². The number of aryl methyl sites for hydroxylation is 1. The van der Waals surface area contributed by atoms with Crippen molar-refractivity contribution in [3.63, 3.8) is 0 Å². The maximum absolute atomic E-state index is 10.3. The van der Waals surface area contributed by atoms with Crippen LogP contribution in [0.5, 0.6) is 28.7 Å². The summed E-state index contributed by atoms with van der Waals surface area (Å²) in [6.45, 7) is 3.78. The van der Waals surface area contributed by atoms with E-state index in [1.807, 2.05) is 6.07 Å². The second-order valence-corrected chi connectivity index (χ2v) is 7.64. The van der Waals surface area contributed by atoms with E-state index in [0.29, 0.717) is 30.8 Å². The topological polar surface area (TPSA) is 99.4 Å². The van der Waals surface area contributed by atoms with Crippen molar-refractivity contribution in [2.75, 3.05) is 6.61 Å². The summed E-state index contributed by atoms with van der Waals surface area (Å²) < 4.78 is 11.7. The highest BCUT2D eigenvalue weighted by atomic mass is 16.5. The van der Waals surface area contributed by atoms with Crippen molar-refractivity contribution < 1.29 is 29.9 Å². The molecule has 6 nitrogen and oxygen atoms in total. The number of rotatable bonds is 3. The third-order valence-electron chi connectivity index (χ3n) is 5.09. The molecule has 6 heteroatoms. The molecule has 2 aromatic rings. The first-order chi connectivity index (χ1) is 12.2. The molecule has 0 saturated heterocycles. The quantitative estimate of drug-likeness (QED) is 0.629. The molecule has 0 saturated carbocycles. The van der Waals surface area contributed by atoms with E-state index in [2.05, 4.69) is 0 Å². The van der Waals surface area contributed by atoms with Gasteiger partial charge in [0.25, 0.3) is 0 Å². The Kier molecular flexibility index (Phi) is 3.70. The molecule has 2 aliphatic rings. The standard InChI is InChI=1S/C20H22O6/c1-20(2,24)6-5-10-7-12-13-9-25-19-11(3-4-14(21)17(19)23)18(13)26-16(12)8-15(10)22/h3-4,7-8,13,18,21-24H,5-6,9H2,1-2H3/t13-,18-/m1/s1. The number of benzene rings is 2. The van der Waals surface area contributed by atoms with Crippen LogP contribution < -0.4 is 9.47 Å². The van der Waals surface area contributed by atoms with Crippen LogP contribution in [0, 0.1) is 0 Å². The summed E-state index contributed by atoms with van der Waals surface area (Å²) in [6, 6.07) is 6.61. The molecule has 4 N–H and O–H groups in total. The van der Waals surface area contributed by atoms with Crippen LogP contribution in [0.25, 0.3) is 0 Å². The maximum atomic E-state index is 10.3. The molecule has 0 aromatic heterocycles. The molecule has 2 heterocycles. The van der Waals surface area contributed by atoms with Gasteiger partial charge in [-0.3, -0.25) is 0 Å². The van der Waals surface area contributed by atoms with Crippen molar-refractivity contribution in [3.05, 3.63) is 41.0 Å². The lowest BCUT2D eigenvalue weighted by atomic mass is 9.87. The average molecular weight is 358 g/mol. The number of phenolic OH excluding ortho intramolecular Hbond substituents is 3. The van der Waals surface area contributed by atoms with Crippen molar-refractivity contribution in [2.45, 2.75) is 44.3 Å². The molecule has 0 aliphatic carbocycles. The first-order valence-corrected chi connectivity index (χ1v) is 8.67. The van der Waals surface area contributed by atoms with E-state index in [9.17, 15) is 20.4 Å². The summed E-state index contributed by atoms with van der Waals surface area (Å²) in [7, 11) is 0. The van der Waals surface area contributed by atoms with Crippen LogP contribution >= 0.6 is 0 Å². The molecule has 4 rings (SSSR count). The Balaban J connectivity index is 1.68. The van der Waals surface area contributed by atoms with E-state index in [4.69, 9.17) is 9.47 Å². The van der Waals surface area contributed by atoms with Crippen LogP contribution in [-0.4, -0.2) is 32.6 Å². The second kappa shape index (κ2) is 5.71. The number of aromatic hydroxyl groups is 3. The minimum atomic E-state index is -0.809. The number of hydrogen-bond donors (Lipinski definition) is 4. The van der Waals surface area contributed by atoms with E-state index in [-0.39, 0.29) is 35.0 Å². The Labute approximate surface area is 151 Å². The Bertz CT molecular complexity index is 868. The highest BCUT2D eigenvalue weighted by Gasteiger charge is 2.42. The minimum absolute atomic E-state index is 0.0667. The number of ether oxygens (including phenoxy) is 2. The first kappa shape index (κ1) is 16.8. The van der Waals surface area contributed by atoms with Gasteiger partial charge in [-0.1, -0.05) is 0 Å². The molecule has 138 valence electrons. The number of hydrogen-bond acceptors (Lipinski definition) is 6. The number of phenols is 3. The molecule has 0 fully saturated rings. The summed E-state index contributed by atoms with van der Waals surface area (Å²) in [5.41, 5.74) is 1.56. The predicted octanol–water partition coefficient (Wildman–Crippen LogP) is 3.12. The Hall–Kier alpha value is -2.60. The van der Waals surface area contributed by atoms with E-state index < -0.39 is 5.60 Å². The summed E-state index contributed by atoms with van der Waals surface area (Å²) in [5.74, 6) is 0.391. The summed E-state index contributed by atoms with van der Waals surface area (Å²) in [6.07, 6.45) is 0.733. The van der Waals surface area contributed by atoms with Crippen molar-refractivity contribution in [2.24, 2.45) is 0 Å². The van der Waals surface area contributed by atoms with Gasteiger partial charge in [0.15, 0.2) is 11.5 Å². The zero-order valence-electron chi connectivity index (χ0n) is 14.7. The van der Waals surface area contributed by atoms with Crippen molar-refractivity contribution in [1.29, 1.82) is 0 Å². The van der Waals surface area contributed by atoms with Crippen LogP contribution in [0.1, 0.15) is 49.0 Å². The van der Waals surface area contributed by atoms with Crippen LogP contribution in [0.3, 0.4) is 0 Å². The van der Waals surface area contributed by atoms with Crippen LogP contribution in [-0.2, 0) is 6.42 Å². The lowest BCUT2D eigenvalue weighted by Crippen LogP contribution is -2.23. The molecule has 2 aromatic carbocycles. The van der Waals surface area contributed by atoms with E-state index in [0.717, 1.165) is 11.1 Å². The lowest BCUT2D eigenvalue weighted by molar-refractivity contribution is 0.0712. The fourth-order valence-corrected chi connectivity index (χ4v) is 3.63. The highest BCUT2D eigenvalue weighted by Crippen LogP contribution is 2.55. The van der Waals surface area contributed by atoms with E-state index in [1.165, 1.54) is 6.07 Å². The van der Waals surface area contributed by atoms with Crippen LogP contribution in [0.2, 0.25) is 0 Å². The monoisotopic (exact) mass is 358 g/mol. The second-order valence-electron chi connectivity index (χ2n) is 7.64. The molecule has 0 amide bonds. The third kappa shape index (κ3) is 2.70. The molecule has 0 radical (unpaired) electrons. The van der Waals surface area contributed by atoms with E-state index >= 15 is 0 Å². The van der Waals surface area contributed by atoms with Crippen molar-refractivity contribution in [3.8, 4) is 28.7 Å². The molecule has 0 bridgehead atoms. The molecule has 2 atom stereocenters. The van der Waals surface area contributed by atoms with Crippen molar-refractivity contribution >= 4 is 0 Å². The Morgan fingerprint density at radius 2 is 1.85 bits per heavy atom. The molecule has 0 unspecified atom stereocenters. The predicted molar refractivity (Wildman–Crippen MR) is 94.1 cm³/mol. The largest absolute Gasteiger partial charge is 0.508 e. The van der Waals surface area contributed by atoms with Gasteiger partial charge in [0.1, 0.15) is 17.6 Å². The van der Waals surface area contributed by atoms with Gasteiger partial charge in [0.2, 0.25) is 5.75 Å². The fraction of sp³-hybridized carbons (Fsp3) is 0.400. The molecular formula is C20H22O6. The zero-order chi connectivity index (χ0) is 18.6. The smallest absolute Gasteiger partial charge is 0.200 e. The summed E-state index contributed by atoms with van der Waals surface area (Å²) >= 11 is 0. The first-order valence-electron chi connectivity index (χ1n) is 8.67. The highest BCUT2D eigenvalue weighted by molar-refractivity contribution is 5.59. The molecule has 0 spiro atoms.